The fraction of sp³-hybridized carbons (Fsp3) is 0.105. The molecule has 0 unspecified atom stereocenters. The highest BCUT2D eigenvalue weighted by molar-refractivity contribution is 7.89. The largest absolute Gasteiger partial charge is 0.295 e. The SMILES string of the molecule is C=C/C=C(/C(C)=O)[C@H](NS(=O)(=O)c1ccccc1)c1ccc([N+](=O)[O-])cc1. The van der Waals surface area contributed by atoms with E-state index in [2.05, 4.69) is 11.3 Å². The number of nitro benzene ring substituents is 1. The number of ketones is 1. The first-order valence-electron chi connectivity index (χ1n) is 7.91. The number of allylic oxidation sites excluding steroid dienone is 2. The molecule has 2 rings (SSSR count). The Hall–Kier alpha value is -3.10. The zero-order valence-corrected chi connectivity index (χ0v) is 15.3. The second kappa shape index (κ2) is 8.52. The van der Waals surface area contributed by atoms with Gasteiger partial charge in [0.15, 0.2) is 5.78 Å². The van der Waals surface area contributed by atoms with Crippen LogP contribution in [0.25, 0.3) is 0 Å². The first-order chi connectivity index (χ1) is 12.8. The topological polar surface area (TPSA) is 106 Å². The number of hydrogen-bond acceptors (Lipinski definition) is 5. The highest BCUT2D eigenvalue weighted by atomic mass is 32.2. The highest BCUT2D eigenvalue weighted by Gasteiger charge is 2.26. The standard InChI is InChI=1S/C19H18N2O5S/c1-3-7-18(14(2)22)19(15-10-12-16(13-11-15)21(23)24)20-27(25,26)17-8-5-4-6-9-17/h3-13,19-20H,1H2,2H3/b18-7-/t19-/m1/s1. The van der Waals surface area contributed by atoms with Crippen molar-refractivity contribution >= 4 is 21.5 Å². The minimum atomic E-state index is -3.94. The first-order valence-corrected chi connectivity index (χ1v) is 9.40. The zero-order chi connectivity index (χ0) is 20.0. The molecule has 27 heavy (non-hydrogen) atoms. The molecule has 2 aromatic carbocycles. The number of nitro groups is 1. The molecule has 0 saturated carbocycles. The molecule has 0 bridgehead atoms. The van der Waals surface area contributed by atoms with E-state index in [4.69, 9.17) is 0 Å². The molecule has 140 valence electrons. The van der Waals surface area contributed by atoms with Crippen LogP contribution < -0.4 is 4.72 Å². The minimum absolute atomic E-state index is 0.0402. The van der Waals surface area contributed by atoms with E-state index < -0.39 is 21.0 Å². The Morgan fingerprint density at radius 1 is 1.15 bits per heavy atom. The number of carbonyl (C=O) groups is 1. The monoisotopic (exact) mass is 386 g/mol. The van der Waals surface area contributed by atoms with Crippen LogP contribution >= 0.6 is 0 Å². The molecule has 0 radical (unpaired) electrons. The summed E-state index contributed by atoms with van der Waals surface area (Å²) in [6.45, 7) is 4.87. The van der Waals surface area contributed by atoms with Gasteiger partial charge in [-0.05, 0) is 24.6 Å². The summed E-state index contributed by atoms with van der Waals surface area (Å²) in [5, 5.41) is 10.9. The van der Waals surface area contributed by atoms with Crippen LogP contribution in [0.5, 0.6) is 0 Å². The molecule has 0 aliphatic carbocycles. The number of Topliss-reactive ketones (excluding diaryl/α,β-unsaturated/α-hetero) is 1. The fourth-order valence-corrected chi connectivity index (χ4v) is 3.69. The Labute approximate surface area is 157 Å². The van der Waals surface area contributed by atoms with Gasteiger partial charge in [-0.1, -0.05) is 49.1 Å². The molecular formula is C19H18N2O5S. The molecular weight excluding hydrogens is 368 g/mol. The van der Waals surface area contributed by atoms with Crippen LogP contribution in [-0.2, 0) is 14.8 Å². The quantitative estimate of drug-likeness (QED) is 0.324. The van der Waals surface area contributed by atoms with Crippen molar-refractivity contribution in [2.75, 3.05) is 0 Å². The third kappa shape index (κ3) is 4.96. The average molecular weight is 386 g/mol. The summed E-state index contributed by atoms with van der Waals surface area (Å²) in [5.41, 5.74) is 0.419. The lowest BCUT2D eigenvalue weighted by Crippen LogP contribution is -2.31. The number of non-ortho nitro benzene ring substituents is 1. The van der Waals surface area contributed by atoms with Crippen LogP contribution in [0.3, 0.4) is 0 Å². The van der Waals surface area contributed by atoms with Crippen molar-refractivity contribution < 1.29 is 18.1 Å². The number of nitrogens with zero attached hydrogens (tertiary/aromatic N) is 1. The van der Waals surface area contributed by atoms with Gasteiger partial charge in [-0.2, -0.15) is 4.72 Å². The van der Waals surface area contributed by atoms with Crippen molar-refractivity contribution in [3.8, 4) is 0 Å². The van der Waals surface area contributed by atoms with Gasteiger partial charge in [0.1, 0.15) is 0 Å². The summed E-state index contributed by atoms with van der Waals surface area (Å²) in [6.07, 6.45) is 2.80. The highest BCUT2D eigenvalue weighted by Crippen LogP contribution is 2.27. The fourth-order valence-electron chi connectivity index (χ4n) is 2.47. The molecule has 0 amide bonds. The summed E-state index contributed by atoms with van der Waals surface area (Å²) >= 11 is 0. The number of sulfonamides is 1. The molecule has 0 aliphatic rings. The van der Waals surface area contributed by atoms with Crippen molar-refractivity contribution in [2.45, 2.75) is 17.9 Å². The van der Waals surface area contributed by atoms with Crippen molar-refractivity contribution in [2.24, 2.45) is 0 Å². The van der Waals surface area contributed by atoms with E-state index in [1.807, 2.05) is 0 Å². The minimum Gasteiger partial charge on any atom is -0.295 e. The van der Waals surface area contributed by atoms with Gasteiger partial charge < -0.3 is 0 Å². The summed E-state index contributed by atoms with van der Waals surface area (Å²) in [5.74, 6) is -0.353. The zero-order valence-electron chi connectivity index (χ0n) is 14.5. The van der Waals surface area contributed by atoms with Gasteiger partial charge in [-0.25, -0.2) is 8.42 Å². The van der Waals surface area contributed by atoms with Gasteiger partial charge in [0.05, 0.1) is 15.9 Å². The normalized spacial score (nSPS) is 13.0. The summed E-state index contributed by atoms with van der Waals surface area (Å²) in [4.78, 5) is 22.4. The maximum Gasteiger partial charge on any atom is 0.269 e. The molecule has 0 heterocycles. The van der Waals surface area contributed by atoms with Gasteiger partial charge in [-0.15, -0.1) is 0 Å². The van der Waals surface area contributed by atoms with Crippen molar-refractivity contribution in [3.63, 3.8) is 0 Å². The van der Waals surface area contributed by atoms with Gasteiger partial charge in [0, 0.05) is 17.7 Å². The average Bonchev–Trinajstić information content (AvgIpc) is 2.65. The van der Waals surface area contributed by atoms with E-state index in [0.29, 0.717) is 5.56 Å². The number of hydrogen-bond donors (Lipinski definition) is 1. The Kier molecular flexibility index (Phi) is 6.38. The van der Waals surface area contributed by atoms with Crippen LogP contribution in [0.15, 0.2) is 83.8 Å². The Morgan fingerprint density at radius 2 is 1.74 bits per heavy atom. The number of benzene rings is 2. The molecule has 0 aliphatic heterocycles. The van der Waals surface area contributed by atoms with Crippen LogP contribution in [-0.4, -0.2) is 19.1 Å². The molecule has 8 heteroatoms. The molecule has 2 aromatic rings. The van der Waals surface area contributed by atoms with Crippen molar-refractivity contribution in [1.29, 1.82) is 0 Å². The molecule has 1 atom stereocenters. The Bertz CT molecular complexity index is 981. The lowest BCUT2D eigenvalue weighted by Gasteiger charge is -2.21. The molecule has 0 spiro atoms. The summed E-state index contributed by atoms with van der Waals surface area (Å²) in [6, 6.07) is 12.0. The lowest BCUT2D eigenvalue weighted by atomic mass is 9.96. The van der Waals surface area contributed by atoms with Gasteiger partial charge in [0.25, 0.3) is 5.69 Å². The second-order valence-electron chi connectivity index (χ2n) is 5.63. The van der Waals surface area contributed by atoms with Crippen molar-refractivity contribution in [1.82, 2.24) is 4.72 Å². The van der Waals surface area contributed by atoms with Crippen LogP contribution in [0, 0.1) is 10.1 Å². The van der Waals surface area contributed by atoms with E-state index in [-0.39, 0.29) is 21.9 Å². The lowest BCUT2D eigenvalue weighted by molar-refractivity contribution is -0.384. The third-order valence-electron chi connectivity index (χ3n) is 3.78. The van der Waals surface area contributed by atoms with Crippen LogP contribution in [0.4, 0.5) is 5.69 Å². The van der Waals surface area contributed by atoms with Crippen LogP contribution in [0.2, 0.25) is 0 Å². The predicted molar refractivity (Wildman–Crippen MR) is 102 cm³/mol. The summed E-state index contributed by atoms with van der Waals surface area (Å²) < 4.78 is 28.0. The third-order valence-corrected chi connectivity index (χ3v) is 5.22. The van der Waals surface area contributed by atoms with Gasteiger partial charge in [0.2, 0.25) is 10.0 Å². The Morgan fingerprint density at radius 3 is 2.22 bits per heavy atom. The number of carbonyl (C=O) groups excluding carboxylic acids is 1. The predicted octanol–water partition coefficient (Wildman–Crippen LogP) is 3.32. The van der Waals surface area contributed by atoms with E-state index in [1.54, 1.807) is 18.2 Å². The van der Waals surface area contributed by atoms with E-state index in [9.17, 15) is 23.3 Å². The smallest absolute Gasteiger partial charge is 0.269 e. The maximum absolute atomic E-state index is 12.7. The number of nitrogens with one attached hydrogen (secondary N) is 1. The molecule has 0 aromatic heterocycles. The van der Waals surface area contributed by atoms with Crippen molar-refractivity contribution in [3.05, 3.63) is 94.6 Å². The molecule has 7 nitrogen and oxygen atoms in total. The van der Waals surface area contributed by atoms with E-state index >= 15 is 0 Å². The first kappa shape index (κ1) is 20.2. The maximum atomic E-state index is 12.7. The summed E-state index contributed by atoms with van der Waals surface area (Å²) in [7, 11) is -3.94. The van der Waals surface area contributed by atoms with Gasteiger partial charge in [-0.3, -0.25) is 14.9 Å². The molecule has 1 N–H and O–H groups in total. The number of rotatable bonds is 8. The van der Waals surface area contributed by atoms with Gasteiger partial charge >= 0.3 is 0 Å². The second-order valence-corrected chi connectivity index (χ2v) is 7.34. The van der Waals surface area contributed by atoms with E-state index in [0.717, 1.165) is 0 Å². The molecule has 0 saturated heterocycles. The molecule has 0 fully saturated rings. The Balaban J connectivity index is 2.53. The van der Waals surface area contributed by atoms with E-state index in [1.165, 1.54) is 55.5 Å². The van der Waals surface area contributed by atoms with Crippen LogP contribution in [0.1, 0.15) is 18.5 Å².